The minimum atomic E-state index is -4.43. The van der Waals surface area contributed by atoms with Crippen LogP contribution in [0.1, 0.15) is 24.0 Å². The van der Waals surface area contributed by atoms with Gasteiger partial charge in [-0.15, -0.1) is 0 Å². The summed E-state index contributed by atoms with van der Waals surface area (Å²) in [6.07, 6.45) is -4.82. The Balaban J connectivity index is 1.95. The lowest BCUT2D eigenvalue weighted by molar-refractivity contribution is -0.174. The first-order valence-corrected chi connectivity index (χ1v) is 11.1. The highest BCUT2D eigenvalue weighted by Gasteiger charge is 2.41. The van der Waals surface area contributed by atoms with Crippen molar-refractivity contribution in [3.63, 3.8) is 0 Å². The molecule has 2 atom stereocenters. The molecule has 3 aromatic carbocycles. The second-order valence-corrected chi connectivity index (χ2v) is 8.75. The van der Waals surface area contributed by atoms with E-state index >= 15 is 0 Å². The first kappa shape index (κ1) is 25.8. The summed E-state index contributed by atoms with van der Waals surface area (Å²) in [7, 11) is 0. The van der Waals surface area contributed by atoms with Crippen LogP contribution in [0.3, 0.4) is 0 Å². The summed E-state index contributed by atoms with van der Waals surface area (Å²) in [6, 6.07) is 14.8. The van der Waals surface area contributed by atoms with Gasteiger partial charge in [-0.3, -0.25) is 4.79 Å². The molecule has 0 unspecified atom stereocenters. The van der Waals surface area contributed by atoms with Crippen LogP contribution >= 0.6 is 23.2 Å². The largest absolute Gasteiger partial charge is 0.481 e. The molecule has 0 radical (unpaired) electrons. The maximum Gasteiger partial charge on any atom is 0.392 e. The quantitative estimate of drug-likeness (QED) is 0.302. The molecule has 0 fully saturated rings. The van der Waals surface area contributed by atoms with Gasteiger partial charge in [0, 0.05) is 23.0 Å². The van der Waals surface area contributed by atoms with Crippen molar-refractivity contribution in [3.05, 3.63) is 87.7 Å². The number of anilines is 1. The number of hydrogen-bond acceptors (Lipinski definition) is 2. The number of rotatable bonds is 8. The summed E-state index contributed by atoms with van der Waals surface area (Å²) in [5.41, 5.74) is 1.48. The Hall–Kier alpha value is -2.77. The summed E-state index contributed by atoms with van der Waals surface area (Å²) >= 11 is 12.2. The van der Waals surface area contributed by atoms with Crippen molar-refractivity contribution >= 4 is 34.9 Å². The normalized spacial score (nSPS) is 13.4. The van der Waals surface area contributed by atoms with Crippen LogP contribution in [0.5, 0.6) is 0 Å². The van der Waals surface area contributed by atoms with Gasteiger partial charge in [0.1, 0.15) is 5.82 Å². The van der Waals surface area contributed by atoms with Gasteiger partial charge in [-0.05, 0) is 47.0 Å². The summed E-state index contributed by atoms with van der Waals surface area (Å²) in [5, 5.41) is 12.8. The molecule has 34 heavy (non-hydrogen) atoms. The van der Waals surface area contributed by atoms with Crippen LogP contribution < -0.4 is 5.32 Å². The minimum Gasteiger partial charge on any atom is -0.481 e. The van der Waals surface area contributed by atoms with E-state index in [1.54, 1.807) is 12.1 Å². The molecule has 0 amide bonds. The van der Waals surface area contributed by atoms with Crippen molar-refractivity contribution in [1.82, 2.24) is 0 Å². The lowest BCUT2D eigenvalue weighted by Gasteiger charge is -2.27. The van der Waals surface area contributed by atoms with Crippen LogP contribution in [0.4, 0.5) is 23.2 Å². The maximum atomic E-state index is 14.6. The Morgan fingerprint density at radius 2 is 1.74 bits per heavy atom. The Labute approximate surface area is 204 Å². The number of hydrogen-bond donors (Lipinski definition) is 2. The van der Waals surface area contributed by atoms with Gasteiger partial charge in [0.05, 0.1) is 23.0 Å². The third kappa shape index (κ3) is 6.21. The average molecular weight is 514 g/mol. The number of carboxylic acids is 1. The van der Waals surface area contributed by atoms with Crippen molar-refractivity contribution < 1.29 is 27.5 Å². The van der Waals surface area contributed by atoms with E-state index in [9.17, 15) is 22.4 Å². The molecule has 180 valence electrons. The molecule has 0 aromatic heterocycles. The SMILES string of the molecule is C[C@H]([C@H](CNc1cc(-c2c(F)cccc2CC(=O)O)ccc1Cl)c1ccc(Cl)cc1)C(F)(F)F. The first-order chi connectivity index (χ1) is 16.0. The molecular weight excluding hydrogens is 493 g/mol. The average Bonchev–Trinajstić information content (AvgIpc) is 2.75. The van der Waals surface area contributed by atoms with Crippen LogP contribution in [-0.4, -0.2) is 23.8 Å². The number of carbonyl (C=O) groups is 1. The molecule has 3 nitrogen and oxygen atoms in total. The molecule has 0 saturated heterocycles. The summed E-state index contributed by atoms with van der Waals surface area (Å²) in [4.78, 5) is 11.2. The van der Waals surface area contributed by atoms with Crippen molar-refractivity contribution in [3.8, 4) is 11.1 Å². The number of alkyl halides is 3. The number of halogens is 6. The monoisotopic (exact) mass is 513 g/mol. The maximum absolute atomic E-state index is 14.6. The molecular formula is C25H21Cl2F4NO2. The van der Waals surface area contributed by atoms with E-state index in [2.05, 4.69) is 5.32 Å². The predicted molar refractivity (Wildman–Crippen MR) is 126 cm³/mol. The third-order valence-electron chi connectivity index (χ3n) is 5.63. The summed E-state index contributed by atoms with van der Waals surface area (Å²) < 4.78 is 55.4. The number of aliphatic carboxylic acids is 1. The van der Waals surface area contributed by atoms with E-state index in [1.165, 1.54) is 48.5 Å². The van der Waals surface area contributed by atoms with Crippen LogP contribution in [-0.2, 0) is 11.2 Å². The Morgan fingerprint density at radius 1 is 1.06 bits per heavy atom. The Kier molecular flexibility index (Phi) is 8.10. The zero-order chi connectivity index (χ0) is 25.0. The highest BCUT2D eigenvalue weighted by Crippen LogP contribution is 2.39. The van der Waals surface area contributed by atoms with E-state index in [0.29, 0.717) is 21.8 Å². The van der Waals surface area contributed by atoms with E-state index in [-0.39, 0.29) is 29.1 Å². The lowest BCUT2D eigenvalue weighted by Crippen LogP contribution is -2.30. The third-order valence-corrected chi connectivity index (χ3v) is 6.21. The molecule has 9 heteroatoms. The van der Waals surface area contributed by atoms with E-state index in [1.807, 2.05) is 0 Å². The number of carboxylic acid groups (broad SMARTS) is 1. The molecule has 3 rings (SSSR count). The second-order valence-electron chi connectivity index (χ2n) is 7.91. The van der Waals surface area contributed by atoms with Crippen molar-refractivity contribution in [2.45, 2.75) is 25.4 Å². The predicted octanol–water partition coefficient (Wildman–Crippen LogP) is 7.82. The van der Waals surface area contributed by atoms with Gasteiger partial charge >= 0.3 is 12.1 Å². The van der Waals surface area contributed by atoms with Gasteiger partial charge in [-0.1, -0.05) is 60.5 Å². The minimum absolute atomic E-state index is 0.0996. The highest BCUT2D eigenvalue weighted by molar-refractivity contribution is 6.33. The molecule has 0 bridgehead atoms. The molecule has 0 spiro atoms. The lowest BCUT2D eigenvalue weighted by atomic mass is 9.86. The van der Waals surface area contributed by atoms with Gasteiger partial charge in [-0.25, -0.2) is 4.39 Å². The van der Waals surface area contributed by atoms with Crippen molar-refractivity contribution in [2.75, 3.05) is 11.9 Å². The first-order valence-electron chi connectivity index (χ1n) is 10.3. The number of benzene rings is 3. The van der Waals surface area contributed by atoms with Gasteiger partial charge in [0.15, 0.2) is 0 Å². The van der Waals surface area contributed by atoms with Crippen LogP contribution in [0.25, 0.3) is 11.1 Å². The van der Waals surface area contributed by atoms with E-state index in [0.717, 1.165) is 6.92 Å². The number of nitrogens with one attached hydrogen (secondary N) is 1. The van der Waals surface area contributed by atoms with Crippen LogP contribution in [0, 0.1) is 11.7 Å². The van der Waals surface area contributed by atoms with E-state index in [4.69, 9.17) is 28.3 Å². The van der Waals surface area contributed by atoms with Crippen molar-refractivity contribution in [2.24, 2.45) is 5.92 Å². The van der Waals surface area contributed by atoms with E-state index < -0.39 is 29.8 Å². The van der Waals surface area contributed by atoms with Gasteiger partial charge in [0.25, 0.3) is 0 Å². The molecule has 0 heterocycles. The summed E-state index contributed by atoms with van der Waals surface area (Å²) in [5.74, 6) is -4.35. The second kappa shape index (κ2) is 10.7. The fourth-order valence-corrected chi connectivity index (χ4v) is 4.07. The molecule has 0 aliphatic carbocycles. The molecule has 0 aliphatic heterocycles. The topological polar surface area (TPSA) is 49.3 Å². The summed E-state index contributed by atoms with van der Waals surface area (Å²) in [6.45, 7) is 1.00. The van der Waals surface area contributed by atoms with Gasteiger partial charge < -0.3 is 10.4 Å². The molecule has 0 aliphatic rings. The fraction of sp³-hybridized carbons (Fsp3) is 0.240. The fourth-order valence-electron chi connectivity index (χ4n) is 3.76. The van der Waals surface area contributed by atoms with Crippen LogP contribution in [0.15, 0.2) is 60.7 Å². The Morgan fingerprint density at radius 3 is 2.35 bits per heavy atom. The van der Waals surface area contributed by atoms with Gasteiger partial charge in [0.2, 0.25) is 0 Å². The standard InChI is InChI=1S/C25H21Cl2F4NO2/c1-14(25(29,30)31)19(15-5-8-18(26)9-6-15)13-32-22-11-17(7-10-20(22)27)24-16(12-23(33)34)3-2-4-21(24)28/h2-11,14,19,32H,12-13H2,1H3,(H,33,34)/t14-,19+/m1/s1. The zero-order valence-corrected chi connectivity index (χ0v) is 19.5. The zero-order valence-electron chi connectivity index (χ0n) is 18.0. The smallest absolute Gasteiger partial charge is 0.392 e. The molecule has 3 aromatic rings. The Bertz CT molecular complexity index is 1170. The van der Waals surface area contributed by atoms with Crippen molar-refractivity contribution in [1.29, 1.82) is 0 Å². The van der Waals surface area contributed by atoms with Gasteiger partial charge in [-0.2, -0.15) is 13.2 Å². The molecule has 0 saturated carbocycles. The molecule has 2 N–H and O–H groups in total. The highest BCUT2D eigenvalue weighted by atomic mass is 35.5. The van der Waals surface area contributed by atoms with Crippen LogP contribution in [0.2, 0.25) is 10.0 Å².